The average molecular weight is 415 g/mol. The number of amides is 1. The Labute approximate surface area is 184 Å². The number of piperazine rings is 1. The SMILES string of the molecule is Cc1ccc(C(=O)N(Cc2ccc(N3CCN(C)CC3)nc2)c2ccccc2C)cc1. The Morgan fingerprint density at radius 1 is 0.935 bits per heavy atom. The van der Waals surface area contributed by atoms with E-state index in [4.69, 9.17) is 4.98 Å². The first-order valence-electron chi connectivity index (χ1n) is 10.8. The van der Waals surface area contributed by atoms with Gasteiger partial charge in [-0.05, 0) is 56.3 Å². The summed E-state index contributed by atoms with van der Waals surface area (Å²) in [7, 11) is 2.15. The highest BCUT2D eigenvalue weighted by Crippen LogP contribution is 2.25. The maximum Gasteiger partial charge on any atom is 0.258 e. The summed E-state index contributed by atoms with van der Waals surface area (Å²) in [5, 5.41) is 0. The van der Waals surface area contributed by atoms with E-state index in [1.54, 1.807) is 0 Å². The first-order chi connectivity index (χ1) is 15.0. The van der Waals surface area contributed by atoms with E-state index in [9.17, 15) is 4.79 Å². The number of likely N-dealkylation sites (N-methyl/N-ethyl adjacent to an activating group) is 1. The normalized spacial score (nSPS) is 14.5. The van der Waals surface area contributed by atoms with Gasteiger partial charge in [0.25, 0.3) is 5.91 Å². The van der Waals surface area contributed by atoms with Crippen molar-refractivity contribution in [2.75, 3.05) is 43.0 Å². The fourth-order valence-electron chi connectivity index (χ4n) is 3.90. The summed E-state index contributed by atoms with van der Waals surface area (Å²) >= 11 is 0. The molecule has 160 valence electrons. The highest BCUT2D eigenvalue weighted by Gasteiger charge is 2.20. The monoisotopic (exact) mass is 414 g/mol. The lowest BCUT2D eigenvalue weighted by Crippen LogP contribution is -2.44. The minimum atomic E-state index is -0.00237. The number of carbonyl (C=O) groups excluding carboxylic acids is 1. The number of carbonyl (C=O) groups is 1. The van der Waals surface area contributed by atoms with E-state index in [2.05, 4.69) is 29.0 Å². The molecule has 0 unspecified atom stereocenters. The van der Waals surface area contributed by atoms with Gasteiger partial charge < -0.3 is 14.7 Å². The molecule has 0 atom stereocenters. The van der Waals surface area contributed by atoms with Crippen LogP contribution in [0.5, 0.6) is 0 Å². The summed E-state index contributed by atoms with van der Waals surface area (Å²) in [5.41, 5.74) is 4.85. The number of para-hydroxylation sites is 1. The highest BCUT2D eigenvalue weighted by molar-refractivity contribution is 6.06. The summed E-state index contributed by atoms with van der Waals surface area (Å²) in [6, 6.07) is 20.0. The minimum absolute atomic E-state index is 0.00237. The summed E-state index contributed by atoms with van der Waals surface area (Å²) in [5.74, 6) is 1.00. The van der Waals surface area contributed by atoms with Gasteiger partial charge in [0.2, 0.25) is 0 Å². The standard InChI is InChI=1S/C26H30N4O/c1-20-8-11-23(12-9-20)26(31)30(24-7-5-4-6-21(24)2)19-22-10-13-25(27-18-22)29-16-14-28(3)15-17-29/h4-13,18H,14-17,19H2,1-3H3. The molecule has 3 aromatic rings. The van der Waals surface area contributed by atoms with Gasteiger partial charge in [-0.1, -0.05) is 42.0 Å². The quantitative estimate of drug-likeness (QED) is 0.624. The molecule has 1 saturated heterocycles. The van der Waals surface area contributed by atoms with Crippen molar-refractivity contribution in [2.24, 2.45) is 0 Å². The molecule has 1 aliphatic heterocycles. The number of pyridine rings is 1. The van der Waals surface area contributed by atoms with Gasteiger partial charge >= 0.3 is 0 Å². The average Bonchev–Trinajstić information content (AvgIpc) is 2.79. The van der Waals surface area contributed by atoms with Gasteiger partial charge in [0, 0.05) is 43.6 Å². The molecule has 0 aliphatic carbocycles. The van der Waals surface area contributed by atoms with Crippen molar-refractivity contribution in [2.45, 2.75) is 20.4 Å². The molecule has 0 radical (unpaired) electrons. The molecule has 2 heterocycles. The van der Waals surface area contributed by atoms with Crippen molar-refractivity contribution < 1.29 is 4.79 Å². The maximum absolute atomic E-state index is 13.5. The summed E-state index contributed by atoms with van der Waals surface area (Å²) < 4.78 is 0. The Morgan fingerprint density at radius 2 is 1.65 bits per heavy atom. The van der Waals surface area contributed by atoms with Crippen LogP contribution in [0.25, 0.3) is 0 Å². The van der Waals surface area contributed by atoms with Crippen molar-refractivity contribution in [3.05, 3.63) is 89.1 Å². The van der Waals surface area contributed by atoms with E-state index < -0.39 is 0 Å². The molecule has 1 amide bonds. The number of hydrogen-bond acceptors (Lipinski definition) is 4. The lowest BCUT2D eigenvalue weighted by molar-refractivity contribution is 0.0985. The molecule has 5 nitrogen and oxygen atoms in total. The maximum atomic E-state index is 13.5. The van der Waals surface area contributed by atoms with E-state index in [-0.39, 0.29) is 5.91 Å². The molecule has 31 heavy (non-hydrogen) atoms. The van der Waals surface area contributed by atoms with Crippen LogP contribution in [0.2, 0.25) is 0 Å². The van der Waals surface area contributed by atoms with Gasteiger partial charge in [0.15, 0.2) is 0 Å². The van der Waals surface area contributed by atoms with Crippen LogP contribution in [0.1, 0.15) is 27.0 Å². The number of hydrogen-bond donors (Lipinski definition) is 0. The third-order valence-electron chi connectivity index (χ3n) is 5.93. The van der Waals surface area contributed by atoms with Gasteiger partial charge in [0.1, 0.15) is 5.82 Å². The summed E-state index contributed by atoms with van der Waals surface area (Å²) in [4.78, 5) is 24.7. The van der Waals surface area contributed by atoms with Crippen LogP contribution in [0, 0.1) is 13.8 Å². The number of benzene rings is 2. The van der Waals surface area contributed by atoms with Gasteiger partial charge in [-0.15, -0.1) is 0 Å². The summed E-state index contributed by atoms with van der Waals surface area (Å²) in [6.07, 6.45) is 1.90. The minimum Gasteiger partial charge on any atom is -0.354 e. The fraction of sp³-hybridized carbons (Fsp3) is 0.308. The van der Waals surface area contributed by atoms with Crippen molar-refractivity contribution in [1.29, 1.82) is 0 Å². The molecule has 0 spiro atoms. The molecular formula is C26H30N4O. The molecule has 1 aliphatic rings. The third kappa shape index (κ3) is 4.94. The van der Waals surface area contributed by atoms with E-state index in [1.165, 1.54) is 0 Å². The Morgan fingerprint density at radius 3 is 2.29 bits per heavy atom. The zero-order valence-electron chi connectivity index (χ0n) is 18.6. The third-order valence-corrected chi connectivity index (χ3v) is 5.93. The van der Waals surface area contributed by atoms with Gasteiger partial charge in [-0.2, -0.15) is 0 Å². The van der Waals surface area contributed by atoms with Crippen molar-refractivity contribution in [3.63, 3.8) is 0 Å². The Balaban J connectivity index is 1.58. The first-order valence-corrected chi connectivity index (χ1v) is 10.8. The molecule has 5 heteroatoms. The van der Waals surface area contributed by atoms with E-state index in [0.29, 0.717) is 12.1 Å². The van der Waals surface area contributed by atoms with Crippen molar-refractivity contribution >= 4 is 17.4 Å². The predicted octanol–water partition coefficient (Wildman–Crippen LogP) is 4.30. The number of aryl methyl sites for hydroxylation is 2. The number of rotatable bonds is 5. The second kappa shape index (κ2) is 9.31. The number of nitrogens with zero attached hydrogens (tertiary/aromatic N) is 4. The molecule has 1 fully saturated rings. The topological polar surface area (TPSA) is 39.7 Å². The highest BCUT2D eigenvalue weighted by atomic mass is 16.2. The van der Waals surface area contributed by atoms with Crippen molar-refractivity contribution in [3.8, 4) is 0 Å². The predicted molar refractivity (Wildman–Crippen MR) is 127 cm³/mol. The first kappa shape index (κ1) is 21.1. The van der Waals surface area contributed by atoms with Crippen LogP contribution >= 0.6 is 0 Å². The number of aromatic nitrogens is 1. The van der Waals surface area contributed by atoms with Gasteiger partial charge in [0.05, 0.1) is 6.54 Å². The fourth-order valence-corrected chi connectivity index (χ4v) is 3.90. The van der Waals surface area contributed by atoms with E-state index in [0.717, 1.165) is 54.4 Å². The van der Waals surface area contributed by atoms with Gasteiger partial charge in [-0.25, -0.2) is 4.98 Å². The molecule has 0 saturated carbocycles. The molecule has 0 N–H and O–H groups in total. The molecule has 4 rings (SSSR count). The van der Waals surface area contributed by atoms with Crippen LogP contribution in [-0.2, 0) is 6.54 Å². The number of anilines is 2. The molecular weight excluding hydrogens is 384 g/mol. The van der Waals surface area contributed by atoms with Crippen LogP contribution in [0.4, 0.5) is 11.5 Å². The second-order valence-electron chi connectivity index (χ2n) is 8.36. The summed E-state index contributed by atoms with van der Waals surface area (Å²) in [6.45, 7) is 8.63. The van der Waals surface area contributed by atoms with E-state index in [1.807, 2.05) is 73.5 Å². The van der Waals surface area contributed by atoms with E-state index >= 15 is 0 Å². The lowest BCUT2D eigenvalue weighted by atomic mass is 10.1. The molecule has 2 aromatic carbocycles. The zero-order valence-corrected chi connectivity index (χ0v) is 18.6. The Kier molecular flexibility index (Phi) is 6.33. The van der Waals surface area contributed by atoms with Crippen LogP contribution < -0.4 is 9.80 Å². The van der Waals surface area contributed by atoms with Crippen molar-refractivity contribution in [1.82, 2.24) is 9.88 Å². The van der Waals surface area contributed by atoms with Crippen LogP contribution in [0.15, 0.2) is 66.9 Å². The molecule has 0 bridgehead atoms. The largest absolute Gasteiger partial charge is 0.354 e. The Bertz CT molecular complexity index is 1020. The van der Waals surface area contributed by atoms with Crippen LogP contribution in [0.3, 0.4) is 0 Å². The zero-order chi connectivity index (χ0) is 21.8. The second-order valence-corrected chi connectivity index (χ2v) is 8.36. The Hall–Kier alpha value is -3.18. The molecule has 1 aromatic heterocycles. The van der Waals surface area contributed by atoms with Gasteiger partial charge in [-0.3, -0.25) is 4.79 Å². The van der Waals surface area contributed by atoms with Crippen LogP contribution in [-0.4, -0.2) is 49.0 Å². The lowest BCUT2D eigenvalue weighted by Gasteiger charge is -2.33. The smallest absolute Gasteiger partial charge is 0.258 e.